The summed E-state index contributed by atoms with van der Waals surface area (Å²) >= 11 is 3.58. The monoisotopic (exact) mass is 297 g/mol. The van der Waals surface area contributed by atoms with Crippen LogP contribution in [-0.4, -0.2) is 17.8 Å². The lowest BCUT2D eigenvalue weighted by molar-refractivity contribution is 0.177. The fourth-order valence-electron chi connectivity index (χ4n) is 2.51. The van der Waals surface area contributed by atoms with Crippen LogP contribution in [0.25, 0.3) is 0 Å². The number of rotatable bonds is 4. The third-order valence-electron chi connectivity index (χ3n) is 3.60. The highest BCUT2D eigenvalue weighted by Crippen LogP contribution is 2.27. The van der Waals surface area contributed by atoms with Crippen LogP contribution in [-0.2, 0) is 0 Å². The van der Waals surface area contributed by atoms with Crippen LogP contribution in [0.3, 0.4) is 0 Å². The molecule has 0 bridgehead atoms. The molecule has 0 heterocycles. The average Bonchev–Trinajstić information content (AvgIpc) is 2.73. The molecule has 1 aliphatic carbocycles. The zero-order valence-corrected chi connectivity index (χ0v) is 11.8. The van der Waals surface area contributed by atoms with Gasteiger partial charge in [0.2, 0.25) is 0 Å². The predicted molar refractivity (Wildman–Crippen MR) is 73.9 cm³/mol. The molecule has 2 N–H and O–H groups in total. The van der Waals surface area contributed by atoms with E-state index in [1.165, 1.54) is 5.56 Å². The average molecular weight is 298 g/mol. The molecule has 0 aromatic heterocycles. The Hall–Kier alpha value is -0.380. The SMILES string of the molecule is CC(NCC1CCC(O)C1)c1ccccc1Br. The molecule has 1 aliphatic rings. The topological polar surface area (TPSA) is 32.3 Å². The summed E-state index contributed by atoms with van der Waals surface area (Å²) in [6.45, 7) is 3.19. The minimum absolute atomic E-state index is 0.0689. The standard InChI is InChI=1S/C14H20BrNO/c1-10(13-4-2-3-5-14(13)15)16-9-11-6-7-12(17)8-11/h2-5,10-12,16-17H,6-9H2,1H3. The first-order chi connectivity index (χ1) is 8.16. The van der Waals surface area contributed by atoms with Crippen molar-refractivity contribution in [2.45, 2.75) is 38.3 Å². The lowest BCUT2D eigenvalue weighted by atomic mass is 10.1. The van der Waals surface area contributed by atoms with Gasteiger partial charge in [0.1, 0.15) is 0 Å². The highest BCUT2D eigenvalue weighted by molar-refractivity contribution is 9.10. The zero-order chi connectivity index (χ0) is 12.3. The number of hydrogen-bond donors (Lipinski definition) is 2. The van der Waals surface area contributed by atoms with Crippen molar-refractivity contribution in [3.8, 4) is 0 Å². The van der Waals surface area contributed by atoms with Crippen molar-refractivity contribution in [1.82, 2.24) is 5.32 Å². The van der Waals surface area contributed by atoms with Crippen molar-refractivity contribution >= 4 is 15.9 Å². The molecular weight excluding hydrogens is 278 g/mol. The van der Waals surface area contributed by atoms with E-state index < -0.39 is 0 Å². The maximum Gasteiger partial charge on any atom is 0.0543 e. The van der Waals surface area contributed by atoms with Crippen LogP contribution in [0.1, 0.15) is 37.8 Å². The van der Waals surface area contributed by atoms with E-state index in [4.69, 9.17) is 0 Å². The van der Waals surface area contributed by atoms with Gasteiger partial charge in [0.25, 0.3) is 0 Å². The Labute approximate surface area is 112 Å². The first-order valence-electron chi connectivity index (χ1n) is 6.32. The highest BCUT2D eigenvalue weighted by Gasteiger charge is 2.23. The van der Waals surface area contributed by atoms with Crippen LogP contribution in [0.15, 0.2) is 28.7 Å². The number of aliphatic hydroxyl groups excluding tert-OH is 1. The van der Waals surface area contributed by atoms with Gasteiger partial charge in [0.05, 0.1) is 6.10 Å². The second-order valence-corrected chi connectivity index (χ2v) is 5.84. The lowest BCUT2D eigenvalue weighted by Crippen LogP contribution is -2.25. The maximum atomic E-state index is 9.49. The summed E-state index contributed by atoms with van der Waals surface area (Å²) < 4.78 is 1.16. The fraction of sp³-hybridized carbons (Fsp3) is 0.571. The van der Waals surface area contributed by atoms with E-state index in [0.29, 0.717) is 12.0 Å². The molecule has 0 aliphatic heterocycles. The van der Waals surface area contributed by atoms with Crippen LogP contribution in [0.5, 0.6) is 0 Å². The van der Waals surface area contributed by atoms with Crippen LogP contribution in [0.4, 0.5) is 0 Å². The largest absolute Gasteiger partial charge is 0.393 e. The van der Waals surface area contributed by atoms with Crippen LogP contribution >= 0.6 is 15.9 Å². The molecule has 0 saturated heterocycles. The maximum absolute atomic E-state index is 9.49. The molecule has 0 radical (unpaired) electrons. The van der Waals surface area contributed by atoms with Crippen LogP contribution < -0.4 is 5.32 Å². The van der Waals surface area contributed by atoms with E-state index in [1.54, 1.807) is 0 Å². The third-order valence-corrected chi connectivity index (χ3v) is 4.32. The predicted octanol–water partition coefficient (Wildman–Crippen LogP) is 3.26. The molecule has 2 rings (SSSR count). The van der Waals surface area contributed by atoms with Gasteiger partial charge in [-0.15, -0.1) is 0 Å². The van der Waals surface area contributed by atoms with Crippen molar-refractivity contribution in [2.24, 2.45) is 5.92 Å². The van der Waals surface area contributed by atoms with Crippen LogP contribution in [0.2, 0.25) is 0 Å². The lowest BCUT2D eigenvalue weighted by Gasteiger charge is -2.18. The quantitative estimate of drug-likeness (QED) is 0.894. The molecule has 0 amide bonds. The number of hydrogen-bond acceptors (Lipinski definition) is 2. The highest BCUT2D eigenvalue weighted by atomic mass is 79.9. The molecule has 0 spiro atoms. The second kappa shape index (κ2) is 5.98. The van der Waals surface area contributed by atoms with Gasteiger partial charge in [-0.3, -0.25) is 0 Å². The zero-order valence-electron chi connectivity index (χ0n) is 10.2. The van der Waals surface area contributed by atoms with Gasteiger partial charge in [0.15, 0.2) is 0 Å². The fourth-order valence-corrected chi connectivity index (χ4v) is 3.14. The number of aliphatic hydroxyl groups is 1. The Kier molecular flexibility index (Phi) is 4.60. The molecular formula is C14H20BrNO. The van der Waals surface area contributed by atoms with Crippen molar-refractivity contribution in [1.29, 1.82) is 0 Å². The van der Waals surface area contributed by atoms with Gasteiger partial charge in [-0.1, -0.05) is 34.1 Å². The Morgan fingerprint density at radius 3 is 2.82 bits per heavy atom. The summed E-state index contributed by atoms with van der Waals surface area (Å²) in [7, 11) is 0. The molecule has 1 fully saturated rings. The normalized spacial score (nSPS) is 26.1. The van der Waals surface area contributed by atoms with E-state index in [-0.39, 0.29) is 6.10 Å². The Balaban J connectivity index is 1.85. The van der Waals surface area contributed by atoms with Crippen molar-refractivity contribution in [3.63, 3.8) is 0 Å². The van der Waals surface area contributed by atoms with E-state index in [1.807, 2.05) is 6.07 Å². The van der Waals surface area contributed by atoms with Gasteiger partial charge in [-0.2, -0.15) is 0 Å². The van der Waals surface area contributed by atoms with Gasteiger partial charge < -0.3 is 10.4 Å². The smallest absolute Gasteiger partial charge is 0.0543 e. The number of nitrogens with one attached hydrogen (secondary N) is 1. The Bertz CT molecular complexity index is 369. The van der Waals surface area contributed by atoms with Crippen LogP contribution in [0, 0.1) is 5.92 Å². The molecule has 1 aromatic carbocycles. The minimum Gasteiger partial charge on any atom is -0.393 e. The summed E-state index contributed by atoms with van der Waals surface area (Å²) in [6, 6.07) is 8.67. The summed E-state index contributed by atoms with van der Waals surface area (Å²) in [5.74, 6) is 0.634. The van der Waals surface area contributed by atoms with Crippen molar-refractivity contribution in [3.05, 3.63) is 34.3 Å². The van der Waals surface area contributed by atoms with E-state index in [9.17, 15) is 5.11 Å². The van der Waals surface area contributed by atoms with Gasteiger partial charge in [-0.25, -0.2) is 0 Å². The number of halogens is 1. The minimum atomic E-state index is -0.0689. The second-order valence-electron chi connectivity index (χ2n) is 4.98. The molecule has 2 nitrogen and oxygen atoms in total. The van der Waals surface area contributed by atoms with Gasteiger partial charge in [0, 0.05) is 10.5 Å². The summed E-state index contributed by atoms with van der Waals surface area (Å²) in [4.78, 5) is 0. The molecule has 94 valence electrons. The van der Waals surface area contributed by atoms with Gasteiger partial charge in [-0.05, 0) is 50.3 Å². The molecule has 1 aromatic rings. The van der Waals surface area contributed by atoms with E-state index in [2.05, 4.69) is 46.4 Å². The number of benzene rings is 1. The third kappa shape index (κ3) is 3.54. The van der Waals surface area contributed by atoms with Crippen molar-refractivity contribution in [2.75, 3.05) is 6.54 Å². The Morgan fingerprint density at radius 2 is 2.18 bits per heavy atom. The van der Waals surface area contributed by atoms with Gasteiger partial charge >= 0.3 is 0 Å². The van der Waals surface area contributed by atoms with E-state index in [0.717, 1.165) is 30.3 Å². The first kappa shape index (κ1) is 13.1. The summed E-state index contributed by atoms with van der Waals surface area (Å²) in [6.07, 6.45) is 3.00. The molecule has 1 saturated carbocycles. The molecule has 3 heteroatoms. The van der Waals surface area contributed by atoms with E-state index >= 15 is 0 Å². The molecule has 17 heavy (non-hydrogen) atoms. The first-order valence-corrected chi connectivity index (χ1v) is 7.12. The molecule has 3 atom stereocenters. The summed E-state index contributed by atoms with van der Waals surface area (Å²) in [5.41, 5.74) is 1.30. The van der Waals surface area contributed by atoms with Crippen molar-refractivity contribution < 1.29 is 5.11 Å². The summed E-state index contributed by atoms with van der Waals surface area (Å²) in [5, 5.41) is 13.1. The molecule has 3 unspecified atom stereocenters. The Morgan fingerprint density at radius 1 is 1.41 bits per heavy atom.